The lowest BCUT2D eigenvalue weighted by Gasteiger charge is -2.36. The van der Waals surface area contributed by atoms with E-state index in [1.165, 1.54) is 29.8 Å². The highest BCUT2D eigenvalue weighted by Crippen LogP contribution is 2.34. The van der Waals surface area contributed by atoms with E-state index < -0.39 is 0 Å². The number of rotatable bonds is 7. The molecule has 196 valence electrons. The minimum absolute atomic E-state index is 0.511. The number of nitrogens with zero attached hydrogens (tertiary/aromatic N) is 5. The van der Waals surface area contributed by atoms with Crippen LogP contribution in [0.15, 0.2) is 48.7 Å². The van der Waals surface area contributed by atoms with Crippen LogP contribution in [0.25, 0.3) is 16.8 Å². The first-order valence-corrected chi connectivity index (χ1v) is 13.8. The number of benzene rings is 2. The van der Waals surface area contributed by atoms with Crippen molar-refractivity contribution in [2.24, 2.45) is 0 Å². The maximum atomic E-state index is 6.15. The summed E-state index contributed by atoms with van der Waals surface area (Å²) in [5.74, 6) is 1.91. The molecule has 0 saturated carbocycles. The summed E-state index contributed by atoms with van der Waals surface area (Å²) in [5.41, 5.74) is 5.99. The Balaban J connectivity index is 1.10. The molecular weight excluding hydrogens is 462 g/mol. The molecule has 6 rings (SSSR count). The van der Waals surface area contributed by atoms with E-state index in [9.17, 15) is 0 Å². The number of imidazole rings is 1. The molecule has 0 bridgehead atoms. The summed E-state index contributed by atoms with van der Waals surface area (Å²) in [6.07, 6.45) is 3.14. The van der Waals surface area contributed by atoms with E-state index in [2.05, 4.69) is 81.8 Å². The Morgan fingerprint density at radius 1 is 0.865 bits per heavy atom. The minimum atomic E-state index is 0.511. The van der Waals surface area contributed by atoms with E-state index in [1.54, 1.807) is 0 Å². The van der Waals surface area contributed by atoms with Crippen molar-refractivity contribution in [2.75, 3.05) is 59.0 Å². The molecule has 1 aromatic heterocycles. The molecule has 3 aliphatic heterocycles. The van der Waals surface area contributed by atoms with E-state index >= 15 is 0 Å². The van der Waals surface area contributed by atoms with Gasteiger partial charge in [-0.2, -0.15) is 0 Å². The number of piperazine rings is 1. The van der Waals surface area contributed by atoms with Gasteiger partial charge in [0.25, 0.3) is 0 Å². The van der Waals surface area contributed by atoms with Gasteiger partial charge in [0, 0.05) is 71.0 Å². The third-order valence-electron chi connectivity index (χ3n) is 8.02. The van der Waals surface area contributed by atoms with Gasteiger partial charge in [-0.3, -0.25) is 19.3 Å². The Hall–Kier alpha value is -2.71. The lowest BCUT2D eigenvalue weighted by Crippen LogP contribution is -2.48. The van der Waals surface area contributed by atoms with Crippen LogP contribution >= 0.6 is 0 Å². The number of ether oxygens (including phenoxy) is 2. The zero-order chi connectivity index (χ0) is 25.2. The molecule has 7 heteroatoms. The van der Waals surface area contributed by atoms with Gasteiger partial charge in [-0.1, -0.05) is 30.3 Å². The molecule has 2 fully saturated rings. The molecule has 0 radical (unpaired) electrons. The van der Waals surface area contributed by atoms with E-state index in [0.29, 0.717) is 12.6 Å². The maximum Gasteiger partial charge on any atom is 0.151 e. The molecule has 3 aromatic rings. The average molecular weight is 502 g/mol. The van der Waals surface area contributed by atoms with Crippen LogP contribution in [0.3, 0.4) is 0 Å². The number of aromatic nitrogens is 2. The second-order valence-electron chi connectivity index (χ2n) is 10.8. The number of hydrogen-bond donors (Lipinski definition) is 0. The monoisotopic (exact) mass is 501 g/mol. The highest BCUT2D eigenvalue weighted by atomic mass is 16.5. The molecule has 0 aliphatic carbocycles. The van der Waals surface area contributed by atoms with Crippen LogP contribution in [-0.4, -0.2) is 89.3 Å². The Morgan fingerprint density at radius 2 is 1.62 bits per heavy atom. The highest BCUT2D eigenvalue weighted by Gasteiger charge is 2.21. The van der Waals surface area contributed by atoms with Crippen molar-refractivity contribution < 1.29 is 9.47 Å². The zero-order valence-corrected chi connectivity index (χ0v) is 22.2. The van der Waals surface area contributed by atoms with Gasteiger partial charge in [0.15, 0.2) is 5.82 Å². The third kappa shape index (κ3) is 5.60. The van der Waals surface area contributed by atoms with Crippen LogP contribution in [0, 0.1) is 0 Å². The van der Waals surface area contributed by atoms with E-state index in [0.717, 1.165) is 81.9 Å². The smallest absolute Gasteiger partial charge is 0.151 e. The molecular formula is C30H39N5O2. The first-order chi connectivity index (χ1) is 18.1. The van der Waals surface area contributed by atoms with Crippen molar-refractivity contribution >= 4 is 0 Å². The lowest BCUT2D eigenvalue weighted by atomic mass is 10.0. The Kier molecular flexibility index (Phi) is 7.29. The predicted octanol–water partition coefficient (Wildman–Crippen LogP) is 3.83. The SMILES string of the molecule is CC(C)N1CCN(Cc2ccc(-c3ccc4c(c3)OCc3nc(CCN5CCOCC5)cn3-4)cc2)CC1. The van der Waals surface area contributed by atoms with Gasteiger partial charge in [-0.05, 0) is 42.7 Å². The van der Waals surface area contributed by atoms with Crippen LogP contribution in [0.4, 0.5) is 0 Å². The lowest BCUT2D eigenvalue weighted by molar-refractivity contribution is 0.0383. The molecule has 0 spiro atoms. The van der Waals surface area contributed by atoms with Crippen molar-refractivity contribution in [2.45, 2.75) is 39.5 Å². The maximum absolute atomic E-state index is 6.15. The number of fused-ring (bicyclic) bond motifs is 3. The number of morpholine rings is 1. The van der Waals surface area contributed by atoms with Crippen molar-refractivity contribution in [3.8, 4) is 22.6 Å². The fraction of sp³-hybridized carbons (Fsp3) is 0.500. The largest absolute Gasteiger partial charge is 0.483 e. The van der Waals surface area contributed by atoms with E-state index in [1.807, 2.05) is 0 Å². The molecule has 37 heavy (non-hydrogen) atoms. The quantitative estimate of drug-likeness (QED) is 0.490. The van der Waals surface area contributed by atoms with Crippen LogP contribution < -0.4 is 4.74 Å². The summed E-state index contributed by atoms with van der Waals surface area (Å²) >= 11 is 0. The molecule has 0 atom stereocenters. The fourth-order valence-corrected chi connectivity index (χ4v) is 5.65. The Bertz CT molecular complexity index is 1190. The summed E-state index contributed by atoms with van der Waals surface area (Å²) < 4.78 is 13.8. The predicted molar refractivity (Wildman–Crippen MR) is 146 cm³/mol. The Labute approximate surface area is 220 Å². The third-order valence-corrected chi connectivity index (χ3v) is 8.02. The standard InChI is InChI=1S/C30H39N5O2/c1-23(2)34-13-11-33(12-14-34)20-24-3-5-25(6-4-24)26-7-8-28-29(19-26)37-22-30-31-27(21-35(28)30)9-10-32-15-17-36-18-16-32/h3-8,19,21,23H,9-18,20,22H2,1-2H3. The summed E-state index contributed by atoms with van der Waals surface area (Å²) in [7, 11) is 0. The van der Waals surface area contributed by atoms with Crippen LogP contribution in [0.1, 0.15) is 30.9 Å². The van der Waals surface area contributed by atoms with Crippen molar-refractivity contribution in [1.82, 2.24) is 24.3 Å². The van der Waals surface area contributed by atoms with Crippen LogP contribution in [0.5, 0.6) is 5.75 Å². The summed E-state index contributed by atoms with van der Waals surface area (Å²) in [4.78, 5) is 12.4. The molecule has 7 nitrogen and oxygen atoms in total. The molecule has 0 amide bonds. The van der Waals surface area contributed by atoms with Crippen molar-refractivity contribution in [1.29, 1.82) is 0 Å². The van der Waals surface area contributed by atoms with Crippen molar-refractivity contribution in [3.63, 3.8) is 0 Å². The second-order valence-corrected chi connectivity index (χ2v) is 10.8. The fourth-order valence-electron chi connectivity index (χ4n) is 5.65. The van der Waals surface area contributed by atoms with Gasteiger partial charge >= 0.3 is 0 Å². The molecule has 0 unspecified atom stereocenters. The van der Waals surface area contributed by atoms with Gasteiger partial charge in [0.05, 0.1) is 24.6 Å². The minimum Gasteiger partial charge on any atom is -0.483 e. The summed E-state index contributed by atoms with van der Waals surface area (Å²) in [5, 5.41) is 0. The first kappa shape index (κ1) is 24.6. The van der Waals surface area contributed by atoms with E-state index in [-0.39, 0.29) is 0 Å². The summed E-state index contributed by atoms with van der Waals surface area (Å²) in [6.45, 7) is 15.5. The van der Waals surface area contributed by atoms with Crippen LogP contribution in [-0.2, 0) is 24.3 Å². The second kappa shape index (κ2) is 11.0. The normalized spacial score (nSPS) is 19.0. The number of hydrogen-bond acceptors (Lipinski definition) is 6. The molecule has 0 N–H and O–H groups in total. The molecule has 2 aromatic carbocycles. The highest BCUT2D eigenvalue weighted by molar-refractivity contribution is 5.69. The average Bonchev–Trinajstić information content (AvgIpc) is 3.37. The first-order valence-electron chi connectivity index (χ1n) is 13.8. The molecule has 2 saturated heterocycles. The van der Waals surface area contributed by atoms with Crippen molar-refractivity contribution in [3.05, 3.63) is 65.7 Å². The molecule has 3 aliphatic rings. The van der Waals surface area contributed by atoms with E-state index in [4.69, 9.17) is 14.5 Å². The van der Waals surface area contributed by atoms with Gasteiger partial charge in [-0.25, -0.2) is 4.98 Å². The zero-order valence-electron chi connectivity index (χ0n) is 22.2. The van der Waals surface area contributed by atoms with Gasteiger partial charge < -0.3 is 9.47 Å². The van der Waals surface area contributed by atoms with Gasteiger partial charge in [0.2, 0.25) is 0 Å². The van der Waals surface area contributed by atoms with Gasteiger partial charge in [-0.15, -0.1) is 0 Å². The van der Waals surface area contributed by atoms with Gasteiger partial charge in [0.1, 0.15) is 12.4 Å². The molecule has 4 heterocycles. The Morgan fingerprint density at radius 3 is 2.38 bits per heavy atom. The topological polar surface area (TPSA) is 46.0 Å². The van der Waals surface area contributed by atoms with Crippen LogP contribution in [0.2, 0.25) is 0 Å². The summed E-state index contributed by atoms with van der Waals surface area (Å²) in [6, 6.07) is 16.2.